The topological polar surface area (TPSA) is 63.5 Å². The summed E-state index contributed by atoms with van der Waals surface area (Å²) >= 11 is 0. The molecule has 0 aliphatic rings. The highest BCUT2D eigenvalue weighted by Gasteiger charge is 2.22. The number of hydrogen-bond acceptors (Lipinski definition) is 3. The number of rotatable bonds is 9. The second-order valence-corrected chi connectivity index (χ2v) is 7.08. The Morgan fingerprint density at radius 3 is 2.28 bits per heavy atom. The van der Waals surface area contributed by atoms with Gasteiger partial charge in [0.25, 0.3) is 0 Å². The third-order valence-electron chi connectivity index (χ3n) is 5.17. The molecule has 3 aromatic rings. The molecule has 2 aromatic carbocycles. The van der Waals surface area contributed by atoms with E-state index >= 15 is 0 Å². The fourth-order valence-corrected chi connectivity index (χ4v) is 3.65. The third kappa shape index (κ3) is 4.87. The van der Waals surface area contributed by atoms with E-state index in [-0.39, 0.29) is 0 Å². The molecule has 0 fully saturated rings. The maximum absolute atomic E-state index is 11.9. The van der Waals surface area contributed by atoms with Crippen molar-refractivity contribution >= 4 is 5.97 Å². The second kappa shape index (κ2) is 9.43. The van der Waals surface area contributed by atoms with Crippen LogP contribution in [0, 0.1) is 13.8 Å². The maximum atomic E-state index is 11.9. The van der Waals surface area contributed by atoms with E-state index in [0.717, 1.165) is 33.8 Å². The molecule has 5 nitrogen and oxygen atoms in total. The van der Waals surface area contributed by atoms with Crippen molar-refractivity contribution in [3.05, 3.63) is 88.2 Å². The van der Waals surface area contributed by atoms with Gasteiger partial charge in [-0.3, -0.25) is 0 Å². The maximum Gasteiger partial charge on any atom is 0.337 e. The summed E-state index contributed by atoms with van der Waals surface area (Å²) in [6.45, 7) is 8.32. The molecule has 152 valence electrons. The number of aromatic carboxylic acids is 1. The van der Waals surface area contributed by atoms with Crippen LogP contribution in [0.3, 0.4) is 0 Å². The summed E-state index contributed by atoms with van der Waals surface area (Å²) in [4.78, 5) is 11.9. The first-order chi connectivity index (χ1) is 14.0. The van der Waals surface area contributed by atoms with Gasteiger partial charge < -0.3 is 19.7 Å². The number of carbonyl (C=O) groups is 1. The molecule has 0 saturated carbocycles. The highest BCUT2D eigenvalue weighted by molar-refractivity contribution is 5.91. The molecular weight excluding hydrogens is 364 g/mol. The minimum atomic E-state index is -0.879. The molecule has 5 heteroatoms. The van der Waals surface area contributed by atoms with Crippen LogP contribution in [-0.4, -0.2) is 22.2 Å². The van der Waals surface area contributed by atoms with E-state index in [4.69, 9.17) is 4.74 Å². The average Bonchev–Trinajstić information content (AvgIpc) is 2.95. The number of benzene rings is 2. The minimum absolute atomic E-state index is 0.401. The van der Waals surface area contributed by atoms with E-state index < -0.39 is 5.97 Å². The number of carboxylic acids is 1. The van der Waals surface area contributed by atoms with Crippen molar-refractivity contribution < 1.29 is 14.6 Å². The van der Waals surface area contributed by atoms with Gasteiger partial charge in [0.1, 0.15) is 5.75 Å². The van der Waals surface area contributed by atoms with Crippen LogP contribution in [0.4, 0.5) is 0 Å². The highest BCUT2D eigenvalue weighted by Crippen LogP contribution is 2.24. The van der Waals surface area contributed by atoms with Crippen molar-refractivity contribution in [3.8, 4) is 5.75 Å². The Kier molecular flexibility index (Phi) is 6.73. The SMILES string of the molecule is CCOc1ccc(CNCc2c(C(=O)O)c(C)n(Cc3ccccc3)c2C)cc1. The fourth-order valence-electron chi connectivity index (χ4n) is 3.65. The highest BCUT2D eigenvalue weighted by atomic mass is 16.5. The summed E-state index contributed by atoms with van der Waals surface area (Å²) in [5.41, 5.74) is 5.30. The van der Waals surface area contributed by atoms with E-state index in [2.05, 4.69) is 22.0 Å². The molecule has 0 amide bonds. The number of nitrogens with zero attached hydrogens (tertiary/aromatic N) is 1. The number of hydrogen-bond donors (Lipinski definition) is 2. The summed E-state index contributed by atoms with van der Waals surface area (Å²) in [7, 11) is 0. The van der Waals surface area contributed by atoms with Crippen LogP contribution in [0.15, 0.2) is 54.6 Å². The Labute approximate surface area is 172 Å². The summed E-state index contributed by atoms with van der Waals surface area (Å²) in [5.74, 6) is -0.0239. The number of carboxylic acid groups (broad SMARTS) is 1. The van der Waals surface area contributed by atoms with Crippen molar-refractivity contribution in [2.45, 2.75) is 40.4 Å². The van der Waals surface area contributed by atoms with Gasteiger partial charge in [-0.1, -0.05) is 42.5 Å². The van der Waals surface area contributed by atoms with Crippen LogP contribution in [-0.2, 0) is 19.6 Å². The molecular formula is C24H28N2O3. The van der Waals surface area contributed by atoms with Crippen LogP contribution >= 0.6 is 0 Å². The molecule has 0 bridgehead atoms. The Balaban J connectivity index is 1.75. The molecule has 0 saturated heterocycles. The summed E-state index contributed by atoms with van der Waals surface area (Å²) in [6, 6.07) is 18.1. The van der Waals surface area contributed by atoms with Crippen LogP contribution in [0.1, 0.15) is 45.4 Å². The number of aromatic nitrogens is 1. The first kappa shape index (κ1) is 20.7. The van der Waals surface area contributed by atoms with Gasteiger partial charge in [0.15, 0.2) is 0 Å². The van der Waals surface area contributed by atoms with Crippen LogP contribution in [0.2, 0.25) is 0 Å². The third-order valence-corrected chi connectivity index (χ3v) is 5.17. The van der Waals surface area contributed by atoms with Gasteiger partial charge in [-0.05, 0) is 44.0 Å². The molecule has 29 heavy (non-hydrogen) atoms. The lowest BCUT2D eigenvalue weighted by atomic mass is 10.1. The Hall–Kier alpha value is -3.05. The molecule has 1 aromatic heterocycles. The quantitative estimate of drug-likeness (QED) is 0.561. The van der Waals surface area contributed by atoms with Crippen LogP contribution in [0.5, 0.6) is 5.75 Å². The zero-order valence-corrected chi connectivity index (χ0v) is 17.2. The molecule has 2 N–H and O–H groups in total. The van der Waals surface area contributed by atoms with Crippen LogP contribution in [0.25, 0.3) is 0 Å². The van der Waals surface area contributed by atoms with E-state index in [0.29, 0.717) is 31.8 Å². The molecule has 3 rings (SSSR count). The van der Waals surface area contributed by atoms with Crippen molar-refractivity contribution in [1.29, 1.82) is 0 Å². The molecule has 0 spiro atoms. The van der Waals surface area contributed by atoms with Gasteiger partial charge in [0.05, 0.1) is 12.2 Å². The average molecular weight is 392 g/mol. The molecule has 0 unspecified atom stereocenters. The lowest BCUT2D eigenvalue weighted by molar-refractivity contribution is 0.0694. The smallest absolute Gasteiger partial charge is 0.337 e. The van der Waals surface area contributed by atoms with Gasteiger partial charge in [0, 0.05) is 36.6 Å². The second-order valence-electron chi connectivity index (χ2n) is 7.08. The standard InChI is InChI=1S/C24H28N2O3/c1-4-29-21-12-10-19(11-13-21)14-25-15-22-17(2)26(18(3)23(22)24(27)28)16-20-8-6-5-7-9-20/h5-13,25H,4,14-16H2,1-3H3,(H,27,28). The minimum Gasteiger partial charge on any atom is -0.494 e. The Bertz CT molecular complexity index is 960. The Morgan fingerprint density at radius 2 is 1.66 bits per heavy atom. The first-order valence-electron chi connectivity index (χ1n) is 9.89. The molecule has 0 aliphatic carbocycles. The van der Waals surface area contributed by atoms with Crippen molar-refractivity contribution in [3.63, 3.8) is 0 Å². The Morgan fingerprint density at radius 1 is 0.966 bits per heavy atom. The summed E-state index contributed by atoms with van der Waals surface area (Å²) < 4.78 is 7.56. The predicted octanol–water partition coefficient (Wildman–Crippen LogP) is 4.54. The number of ether oxygens (including phenoxy) is 1. The molecule has 0 radical (unpaired) electrons. The van der Waals surface area contributed by atoms with Gasteiger partial charge >= 0.3 is 5.97 Å². The van der Waals surface area contributed by atoms with Gasteiger partial charge in [-0.15, -0.1) is 0 Å². The van der Waals surface area contributed by atoms with Gasteiger partial charge in [-0.2, -0.15) is 0 Å². The zero-order chi connectivity index (χ0) is 20.8. The predicted molar refractivity (Wildman–Crippen MR) is 115 cm³/mol. The monoisotopic (exact) mass is 392 g/mol. The van der Waals surface area contributed by atoms with Crippen molar-refractivity contribution in [2.24, 2.45) is 0 Å². The normalized spacial score (nSPS) is 10.9. The van der Waals surface area contributed by atoms with Gasteiger partial charge in [0.2, 0.25) is 0 Å². The van der Waals surface area contributed by atoms with E-state index in [9.17, 15) is 9.90 Å². The lowest BCUT2D eigenvalue weighted by Crippen LogP contribution is -2.15. The fraction of sp³-hybridized carbons (Fsp3) is 0.292. The summed E-state index contributed by atoms with van der Waals surface area (Å²) in [6.07, 6.45) is 0. The first-order valence-corrected chi connectivity index (χ1v) is 9.89. The molecule has 1 heterocycles. The van der Waals surface area contributed by atoms with E-state index in [1.165, 1.54) is 0 Å². The zero-order valence-electron chi connectivity index (χ0n) is 17.2. The molecule has 0 aliphatic heterocycles. The largest absolute Gasteiger partial charge is 0.494 e. The van der Waals surface area contributed by atoms with E-state index in [1.54, 1.807) is 0 Å². The lowest BCUT2D eigenvalue weighted by Gasteiger charge is -2.10. The van der Waals surface area contributed by atoms with Crippen molar-refractivity contribution in [1.82, 2.24) is 9.88 Å². The number of nitrogens with one attached hydrogen (secondary N) is 1. The van der Waals surface area contributed by atoms with Crippen molar-refractivity contribution in [2.75, 3.05) is 6.61 Å². The molecule has 0 atom stereocenters. The van der Waals surface area contributed by atoms with E-state index in [1.807, 2.05) is 63.2 Å². The van der Waals surface area contributed by atoms with Gasteiger partial charge in [-0.25, -0.2) is 4.79 Å². The van der Waals surface area contributed by atoms with Crippen LogP contribution < -0.4 is 10.1 Å². The summed E-state index contributed by atoms with van der Waals surface area (Å²) in [5, 5.41) is 13.2.